The van der Waals surface area contributed by atoms with E-state index in [-0.39, 0.29) is 25.1 Å². The largest absolute Gasteiger partial charge is 0.353 e. The van der Waals surface area contributed by atoms with E-state index in [1.54, 1.807) is 52.0 Å². The van der Waals surface area contributed by atoms with Gasteiger partial charge in [0.15, 0.2) is 0 Å². The Bertz CT molecular complexity index is 868. The first-order valence-electron chi connectivity index (χ1n) is 11.2. The first kappa shape index (κ1) is 23.9. The van der Waals surface area contributed by atoms with Gasteiger partial charge in [0, 0.05) is 12.6 Å². The summed E-state index contributed by atoms with van der Waals surface area (Å²) in [6.07, 6.45) is 5.44. The number of imide groups is 1. The van der Waals surface area contributed by atoms with Gasteiger partial charge in [0.1, 0.15) is 0 Å². The topological polar surface area (TPSA) is 105 Å². The van der Waals surface area contributed by atoms with Crippen molar-refractivity contribution < 1.29 is 24.0 Å². The molecule has 0 bridgehead atoms. The highest BCUT2D eigenvalue weighted by Crippen LogP contribution is 2.27. The van der Waals surface area contributed by atoms with Crippen LogP contribution in [0.2, 0.25) is 0 Å². The normalized spacial score (nSPS) is 17.3. The lowest BCUT2D eigenvalue weighted by molar-refractivity contribution is -0.149. The Hall–Kier alpha value is -2.74. The van der Waals surface area contributed by atoms with Gasteiger partial charge in [0.2, 0.25) is 5.91 Å². The molecule has 1 saturated carbocycles. The SMILES string of the molecule is CC(C)(CN1C(=O)c2ccccc2C1=O)C(=O)NOCC(C)(C)C(=O)NC1CCCCC1. The molecule has 0 radical (unpaired) electrons. The molecule has 174 valence electrons. The van der Waals surface area contributed by atoms with E-state index in [0.29, 0.717) is 11.1 Å². The number of rotatable bonds is 8. The zero-order valence-electron chi connectivity index (χ0n) is 19.3. The molecule has 0 saturated heterocycles. The van der Waals surface area contributed by atoms with Gasteiger partial charge in [-0.15, -0.1) is 0 Å². The summed E-state index contributed by atoms with van der Waals surface area (Å²) in [6.45, 7) is 6.72. The average Bonchev–Trinajstić information content (AvgIpc) is 2.99. The predicted molar refractivity (Wildman–Crippen MR) is 118 cm³/mol. The zero-order chi connectivity index (χ0) is 23.5. The molecule has 2 aliphatic rings. The summed E-state index contributed by atoms with van der Waals surface area (Å²) >= 11 is 0. The van der Waals surface area contributed by atoms with Crippen molar-refractivity contribution in [3.8, 4) is 0 Å². The first-order chi connectivity index (χ1) is 15.0. The van der Waals surface area contributed by atoms with E-state index in [1.807, 2.05) is 0 Å². The number of hydrogen-bond acceptors (Lipinski definition) is 5. The first-order valence-corrected chi connectivity index (χ1v) is 11.2. The van der Waals surface area contributed by atoms with E-state index < -0.39 is 28.6 Å². The molecule has 0 spiro atoms. The Morgan fingerprint density at radius 3 is 2.06 bits per heavy atom. The Morgan fingerprint density at radius 1 is 0.938 bits per heavy atom. The van der Waals surface area contributed by atoms with E-state index in [2.05, 4.69) is 10.8 Å². The van der Waals surface area contributed by atoms with E-state index >= 15 is 0 Å². The van der Waals surface area contributed by atoms with Crippen LogP contribution in [0.25, 0.3) is 0 Å². The highest BCUT2D eigenvalue weighted by atomic mass is 16.7. The van der Waals surface area contributed by atoms with Gasteiger partial charge in [-0.1, -0.05) is 31.4 Å². The van der Waals surface area contributed by atoms with Gasteiger partial charge >= 0.3 is 0 Å². The van der Waals surface area contributed by atoms with Crippen LogP contribution >= 0.6 is 0 Å². The predicted octanol–water partition coefficient (Wildman–Crippen LogP) is 2.83. The maximum atomic E-state index is 12.7. The molecule has 1 heterocycles. The smallest absolute Gasteiger partial charge is 0.261 e. The third-order valence-corrected chi connectivity index (χ3v) is 6.20. The van der Waals surface area contributed by atoms with Crippen LogP contribution < -0.4 is 10.8 Å². The lowest BCUT2D eigenvalue weighted by Crippen LogP contribution is -2.49. The maximum absolute atomic E-state index is 12.7. The summed E-state index contributed by atoms with van der Waals surface area (Å²) in [6, 6.07) is 6.80. The minimum Gasteiger partial charge on any atom is -0.353 e. The van der Waals surface area contributed by atoms with Crippen molar-refractivity contribution in [1.29, 1.82) is 0 Å². The van der Waals surface area contributed by atoms with Gasteiger partial charge in [0.05, 0.1) is 28.6 Å². The van der Waals surface area contributed by atoms with Crippen molar-refractivity contribution in [3.05, 3.63) is 35.4 Å². The van der Waals surface area contributed by atoms with Gasteiger partial charge in [-0.25, -0.2) is 5.48 Å². The molecule has 0 aromatic heterocycles. The molecule has 2 N–H and O–H groups in total. The van der Waals surface area contributed by atoms with Crippen LogP contribution in [0.4, 0.5) is 0 Å². The number of benzene rings is 1. The van der Waals surface area contributed by atoms with Crippen LogP contribution in [0, 0.1) is 10.8 Å². The molecule has 1 aliphatic carbocycles. The fraction of sp³-hybridized carbons (Fsp3) is 0.583. The standard InChI is InChI=1S/C24H33N3O5/c1-23(2,14-27-19(28)17-12-8-9-13-18(17)20(27)29)22(31)26-32-15-24(3,4)21(30)25-16-10-6-5-7-11-16/h8-9,12-13,16H,5-7,10-11,14-15H2,1-4H3,(H,25,30)(H,26,31). The number of hydrogen-bond donors (Lipinski definition) is 2. The summed E-state index contributed by atoms with van der Waals surface area (Å²) in [7, 11) is 0. The fourth-order valence-electron chi connectivity index (χ4n) is 3.96. The number of nitrogens with one attached hydrogen (secondary N) is 2. The van der Waals surface area contributed by atoms with Crippen LogP contribution in [0.15, 0.2) is 24.3 Å². The van der Waals surface area contributed by atoms with Crippen molar-refractivity contribution in [3.63, 3.8) is 0 Å². The van der Waals surface area contributed by atoms with E-state index in [9.17, 15) is 19.2 Å². The second-order valence-electron chi connectivity index (χ2n) is 10.0. The molecule has 4 amide bonds. The molecule has 1 fully saturated rings. The quantitative estimate of drug-likeness (QED) is 0.475. The molecule has 0 unspecified atom stereocenters. The van der Waals surface area contributed by atoms with Crippen LogP contribution in [-0.4, -0.2) is 47.7 Å². The number of carbonyl (C=O) groups excluding carboxylic acids is 4. The molecule has 8 heteroatoms. The Balaban J connectivity index is 1.51. The summed E-state index contributed by atoms with van der Waals surface area (Å²) in [5, 5.41) is 3.08. The maximum Gasteiger partial charge on any atom is 0.261 e. The Labute approximate surface area is 189 Å². The third-order valence-electron chi connectivity index (χ3n) is 6.20. The molecule has 32 heavy (non-hydrogen) atoms. The van der Waals surface area contributed by atoms with Crippen LogP contribution in [0.1, 0.15) is 80.5 Å². The summed E-state index contributed by atoms with van der Waals surface area (Å²) in [5.41, 5.74) is 1.18. The summed E-state index contributed by atoms with van der Waals surface area (Å²) < 4.78 is 0. The van der Waals surface area contributed by atoms with Crippen molar-refractivity contribution in [2.45, 2.75) is 65.8 Å². The zero-order valence-corrected chi connectivity index (χ0v) is 19.3. The summed E-state index contributed by atoms with van der Waals surface area (Å²) in [5.74, 6) is -1.40. The number of amides is 4. The number of hydroxylamine groups is 1. The fourth-order valence-corrected chi connectivity index (χ4v) is 3.96. The highest BCUT2D eigenvalue weighted by Gasteiger charge is 2.41. The third kappa shape index (κ3) is 5.18. The minimum absolute atomic E-state index is 0.000387. The number of fused-ring (bicyclic) bond motifs is 1. The highest BCUT2D eigenvalue weighted by molar-refractivity contribution is 6.21. The Kier molecular flexibility index (Phi) is 7.03. The average molecular weight is 444 g/mol. The molecular formula is C24H33N3O5. The molecular weight excluding hydrogens is 410 g/mol. The van der Waals surface area contributed by atoms with E-state index in [1.165, 1.54) is 6.42 Å². The monoisotopic (exact) mass is 443 g/mol. The van der Waals surface area contributed by atoms with E-state index in [0.717, 1.165) is 30.6 Å². The van der Waals surface area contributed by atoms with Gasteiger partial charge in [0.25, 0.3) is 17.7 Å². The van der Waals surface area contributed by atoms with Crippen molar-refractivity contribution in [2.75, 3.05) is 13.2 Å². The molecule has 1 aliphatic heterocycles. The second-order valence-corrected chi connectivity index (χ2v) is 10.0. The minimum atomic E-state index is -1.08. The number of nitrogens with zero attached hydrogens (tertiary/aromatic N) is 1. The second kappa shape index (κ2) is 9.40. The molecule has 3 rings (SSSR count). The van der Waals surface area contributed by atoms with Crippen LogP contribution in [-0.2, 0) is 14.4 Å². The van der Waals surface area contributed by atoms with Gasteiger partial charge < -0.3 is 5.32 Å². The van der Waals surface area contributed by atoms with Crippen molar-refractivity contribution in [2.24, 2.45) is 10.8 Å². The molecule has 1 aromatic rings. The summed E-state index contributed by atoms with van der Waals surface area (Å²) in [4.78, 5) is 57.0. The lowest BCUT2D eigenvalue weighted by Gasteiger charge is -2.30. The van der Waals surface area contributed by atoms with Gasteiger partial charge in [-0.3, -0.25) is 28.9 Å². The lowest BCUT2D eigenvalue weighted by atomic mass is 9.90. The van der Waals surface area contributed by atoms with Crippen LogP contribution in [0.5, 0.6) is 0 Å². The molecule has 8 nitrogen and oxygen atoms in total. The van der Waals surface area contributed by atoms with Crippen molar-refractivity contribution in [1.82, 2.24) is 15.7 Å². The van der Waals surface area contributed by atoms with E-state index in [4.69, 9.17) is 4.84 Å². The van der Waals surface area contributed by atoms with Crippen molar-refractivity contribution >= 4 is 23.6 Å². The van der Waals surface area contributed by atoms with Gasteiger partial charge in [-0.05, 0) is 52.7 Å². The van der Waals surface area contributed by atoms with Gasteiger partial charge in [-0.2, -0.15) is 0 Å². The van der Waals surface area contributed by atoms with Crippen LogP contribution in [0.3, 0.4) is 0 Å². The Morgan fingerprint density at radius 2 is 1.50 bits per heavy atom. The molecule has 1 aromatic carbocycles. The number of carbonyl (C=O) groups is 4. The molecule has 0 atom stereocenters.